The molecule has 0 spiro atoms. The van der Waals surface area contributed by atoms with Gasteiger partial charge in [-0.1, -0.05) is 24.1 Å². The number of benzene rings is 1. The van der Waals surface area contributed by atoms with Gasteiger partial charge in [0.05, 0.1) is 5.92 Å². The summed E-state index contributed by atoms with van der Waals surface area (Å²) >= 11 is 6.39. The number of alkyl halides is 2. The summed E-state index contributed by atoms with van der Waals surface area (Å²) in [7, 11) is 0. The number of hydrogen-bond acceptors (Lipinski definition) is 1. The van der Waals surface area contributed by atoms with Crippen LogP contribution in [0.5, 0.6) is 0 Å². The fraction of sp³-hybridized carbons (Fsp3) is 0.421. The Bertz CT molecular complexity index is 743. The summed E-state index contributed by atoms with van der Waals surface area (Å²) in [5.74, 6) is -3.73. The van der Waals surface area contributed by atoms with Gasteiger partial charge in [-0.15, -0.1) is 0 Å². The third-order valence-electron chi connectivity index (χ3n) is 5.14. The molecule has 0 saturated heterocycles. The van der Waals surface area contributed by atoms with Crippen molar-refractivity contribution in [1.29, 1.82) is 0 Å². The minimum atomic E-state index is -2.81. The van der Waals surface area contributed by atoms with E-state index in [1.165, 1.54) is 0 Å². The quantitative estimate of drug-likeness (QED) is 0.643. The first-order valence-corrected chi connectivity index (χ1v) is 8.56. The number of halogens is 3. The number of nitrogens with zero attached hydrogens (tertiary/aromatic N) is 1. The van der Waals surface area contributed by atoms with Crippen LogP contribution in [0.3, 0.4) is 0 Å². The predicted molar refractivity (Wildman–Crippen MR) is 87.4 cm³/mol. The highest BCUT2D eigenvalue weighted by molar-refractivity contribution is 6.31. The van der Waals surface area contributed by atoms with E-state index in [0.717, 1.165) is 48.8 Å². The molecule has 0 amide bonds. The Morgan fingerprint density at radius 3 is 2.74 bits per heavy atom. The van der Waals surface area contributed by atoms with Gasteiger partial charge >= 0.3 is 0 Å². The van der Waals surface area contributed by atoms with Crippen molar-refractivity contribution in [2.45, 2.75) is 50.4 Å². The van der Waals surface area contributed by atoms with Crippen molar-refractivity contribution in [2.24, 2.45) is 0 Å². The van der Waals surface area contributed by atoms with Crippen LogP contribution in [-0.2, 0) is 19.3 Å². The molecule has 1 unspecified atom stereocenters. The Morgan fingerprint density at radius 2 is 1.96 bits per heavy atom. The molecule has 1 heterocycles. The average molecular weight is 334 g/mol. The number of aromatic nitrogens is 1. The van der Waals surface area contributed by atoms with Gasteiger partial charge in [0.25, 0.3) is 5.92 Å². The van der Waals surface area contributed by atoms with Crippen LogP contribution >= 0.6 is 11.6 Å². The monoisotopic (exact) mass is 333 g/mol. The van der Waals surface area contributed by atoms with E-state index < -0.39 is 11.8 Å². The maximum Gasteiger partial charge on any atom is 0.262 e. The maximum absolute atomic E-state index is 14.9. The first-order chi connectivity index (χ1) is 11.1. The van der Waals surface area contributed by atoms with Gasteiger partial charge in [-0.3, -0.25) is 4.98 Å². The smallest absolute Gasteiger partial charge is 0.262 e. The summed E-state index contributed by atoms with van der Waals surface area (Å²) in [5, 5.41) is 0.506. The molecule has 1 atom stereocenters. The van der Waals surface area contributed by atoms with Gasteiger partial charge in [0.15, 0.2) is 0 Å². The third-order valence-corrected chi connectivity index (χ3v) is 5.48. The first-order valence-electron chi connectivity index (χ1n) is 8.18. The molecule has 4 heteroatoms. The second kappa shape index (κ2) is 5.55. The van der Waals surface area contributed by atoms with Crippen molar-refractivity contribution >= 4 is 11.6 Å². The van der Waals surface area contributed by atoms with Crippen molar-refractivity contribution in [3.8, 4) is 0 Å². The summed E-state index contributed by atoms with van der Waals surface area (Å²) in [6.07, 6.45) is 8.05. The molecule has 0 aliphatic heterocycles. The van der Waals surface area contributed by atoms with Crippen molar-refractivity contribution in [3.05, 3.63) is 63.4 Å². The molecule has 2 aromatic rings. The fourth-order valence-electron chi connectivity index (χ4n) is 4.16. The van der Waals surface area contributed by atoms with Crippen LogP contribution < -0.4 is 0 Å². The fourth-order valence-corrected chi connectivity index (χ4v) is 4.46. The summed E-state index contributed by atoms with van der Waals surface area (Å²) in [6.45, 7) is 0. The molecule has 1 aromatic heterocycles. The van der Waals surface area contributed by atoms with E-state index in [4.69, 9.17) is 11.6 Å². The number of aryl methyl sites for hydroxylation is 1. The number of fused-ring (bicyclic) bond motifs is 3. The Kier molecular flexibility index (Phi) is 3.64. The van der Waals surface area contributed by atoms with E-state index in [9.17, 15) is 8.78 Å². The van der Waals surface area contributed by atoms with Crippen LogP contribution in [0.2, 0.25) is 5.02 Å². The van der Waals surface area contributed by atoms with E-state index in [1.54, 1.807) is 24.5 Å². The van der Waals surface area contributed by atoms with Crippen LogP contribution in [0, 0.1) is 0 Å². The topological polar surface area (TPSA) is 12.9 Å². The standard InChI is InChI=1S/C19H18ClF2N/c20-16-9-12-5-2-1-3-7-14(12)17-15(16)10-19(21,22)18(17)13-6-4-8-23-11-13/h4,6,8-9,11,18H,1-3,5,7,10H2. The number of pyridine rings is 1. The largest absolute Gasteiger partial charge is 0.264 e. The number of rotatable bonds is 1. The van der Waals surface area contributed by atoms with Gasteiger partial charge < -0.3 is 0 Å². The highest BCUT2D eigenvalue weighted by Crippen LogP contribution is 2.52. The molecule has 0 bridgehead atoms. The first kappa shape index (κ1) is 15.1. The Hall–Kier alpha value is -1.48. The highest BCUT2D eigenvalue weighted by atomic mass is 35.5. The highest BCUT2D eigenvalue weighted by Gasteiger charge is 2.50. The Balaban J connectivity index is 1.96. The predicted octanol–water partition coefficient (Wildman–Crippen LogP) is 5.33. The lowest BCUT2D eigenvalue weighted by Crippen LogP contribution is -2.23. The Morgan fingerprint density at radius 1 is 1.13 bits per heavy atom. The summed E-state index contributed by atoms with van der Waals surface area (Å²) in [5.41, 5.74) is 4.30. The molecule has 23 heavy (non-hydrogen) atoms. The van der Waals surface area contributed by atoms with E-state index in [0.29, 0.717) is 16.1 Å². The van der Waals surface area contributed by atoms with Crippen LogP contribution in [0.4, 0.5) is 8.78 Å². The zero-order valence-corrected chi connectivity index (χ0v) is 13.5. The molecule has 0 saturated carbocycles. The van der Waals surface area contributed by atoms with Gasteiger partial charge in [-0.05, 0) is 65.6 Å². The minimum absolute atomic E-state index is 0.270. The molecule has 0 fully saturated rings. The lowest BCUT2D eigenvalue weighted by atomic mass is 9.85. The molecule has 1 nitrogen and oxygen atoms in total. The minimum Gasteiger partial charge on any atom is -0.264 e. The summed E-state index contributed by atoms with van der Waals surface area (Å²) in [6, 6.07) is 5.42. The summed E-state index contributed by atoms with van der Waals surface area (Å²) in [4.78, 5) is 4.05. The van der Waals surface area contributed by atoms with Gasteiger partial charge in [0.1, 0.15) is 0 Å². The molecule has 2 aliphatic carbocycles. The van der Waals surface area contributed by atoms with Gasteiger partial charge in [0, 0.05) is 23.8 Å². The van der Waals surface area contributed by atoms with E-state index >= 15 is 0 Å². The van der Waals surface area contributed by atoms with Crippen LogP contribution in [0.15, 0.2) is 30.6 Å². The molecule has 0 N–H and O–H groups in total. The molecular formula is C19H18ClF2N. The second-order valence-corrected chi connectivity index (χ2v) is 7.01. The molecule has 2 aliphatic rings. The van der Waals surface area contributed by atoms with E-state index in [1.807, 2.05) is 6.07 Å². The maximum atomic E-state index is 14.9. The van der Waals surface area contributed by atoms with E-state index in [-0.39, 0.29) is 6.42 Å². The average Bonchev–Trinajstić information content (AvgIpc) is 2.68. The van der Waals surface area contributed by atoms with Crippen LogP contribution in [-0.4, -0.2) is 10.9 Å². The second-order valence-electron chi connectivity index (χ2n) is 6.61. The van der Waals surface area contributed by atoms with Gasteiger partial charge in [0.2, 0.25) is 0 Å². The van der Waals surface area contributed by atoms with Crippen molar-refractivity contribution in [3.63, 3.8) is 0 Å². The normalized spacial score (nSPS) is 22.3. The van der Waals surface area contributed by atoms with Crippen molar-refractivity contribution in [1.82, 2.24) is 4.98 Å². The van der Waals surface area contributed by atoms with E-state index in [2.05, 4.69) is 4.98 Å². The lowest BCUT2D eigenvalue weighted by molar-refractivity contribution is -0.00380. The molecule has 1 aromatic carbocycles. The SMILES string of the molecule is FC1(F)Cc2c(Cl)cc3c(c2C1c1cccnc1)CCCCC3. The summed E-state index contributed by atoms with van der Waals surface area (Å²) < 4.78 is 29.7. The Labute approximate surface area is 139 Å². The molecular weight excluding hydrogens is 316 g/mol. The third kappa shape index (κ3) is 2.46. The van der Waals surface area contributed by atoms with Gasteiger partial charge in [-0.25, -0.2) is 8.78 Å². The molecule has 4 rings (SSSR count). The molecule has 120 valence electrons. The lowest BCUT2D eigenvalue weighted by Gasteiger charge is -2.23. The van der Waals surface area contributed by atoms with Crippen LogP contribution in [0.1, 0.15) is 53.0 Å². The number of hydrogen-bond donors (Lipinski definition) is 0. The van der Waals surface area contributed by atoms with Crippen molar-refractivity contribution in [2.75, 3.05) is 0 Å². The van der Waals surface area contributed by atoms with Gasteiger partial charge in [-0.2, -0.15) is 0 Å². The zero-order chi connectivity index (χ0) is 16.0. The zero-order valence-electron chi connectivity index (χ0n) is 12.8. The molecule has 0 radical (unpaired) electrons. The van der Waals surface area contributed by atoms with Crippen molar-refractivity contribution < 1.29 is 8.78 Å². The van der Waals surface area contributed by atoms with Crippen LogP contribution in [0.25, 0.3) is 0 Å².